The normalized spacial score (nSPS) is 12.3. The summed E-state index contributed by atoms with van der Waals surface area (Å²) in [7, 11) is 0. The summed E-state index contributed by atoms with van der Waals surface area (Å²) in [4.78, 5) is 12.6. The minimum Gasteiger partial charge on any atom is -0.507 e. The number of hydrogen-bond acceptors (Lipinski definition) is 5. The summed E-state index contributed by atoms with van der Waals surface area (Å²) in [6.07, 6.45) is -1.33. The Morgan fingerprint density at radius 1 is 1.03 bits per heavy atom. The molecule has 0 amide bonds. The van der Waals surface area contributed by atoms with E-state index in [0.717, 1.165) is 30.3 Å². The maximum atomic E-state index is 12.8. The van der Waals surface area contributed by atoms with Gasteiger partial charge in [0.1, 0.15) is 16.9 Å². The zero-order valence-corrected chi connectivity index (χ0v) is 15.4. The fourth-order valence-electron chi connectivity index (χ4n) is 2.80. The average Bonchev–Trinajstić information content (AvgIpc) is 2.63. The Hall–Kier alpha value is -3.42. The molecule has 1 aromatic heterocycles. The number of phenolic OH excluding ortho intramolecular Hbond substituents is 2. The molecule has 0 atom stereocenters. The molecule has 0 aliphatic heterocycles. The average molecular weight is 406 g/mol. The molecule has 0 aliphatic carbocycles. The Balaban J connectivity index is 2.31. The standard InChI is InChI=1S/C21H17F3O5/c1-10(2)3-8-13-14(25)9-15(26)16-17(27)18(28)19(29-20(13)16)11-4-6-12(7-5-11)21(22,23)24/h3-10,25-26,28H,1-2H3. The number of allylic oxidation sites excluding steroid dienone is 1. The zero-order valence-electron chi connectivity index (χ0n) is 15.4. The van der Waals surface area contributed by atoms with E-state index < -0.39 is 28.7 Å². The molecule has 0 fully saturated rings. The molecule has 3 aromatic rings. The van der Waals surface area contributed by atoms with Crippen LogP contribution in [0.1, 0.15) is 25.0 Å². The first-order valence-electron chi connectivity index (χ1n) is 8.61. The minimum atomic E-state index is -4.54. The van der Waals surface area contributed by atoms with Crippen molar-refractivity contribution in [2.45, 2.75) is 20.0 Å². The van der Waals surface area contributed by atoms with Crippen molar-refractivity contribution in [2.24, 2.45) is 5.92 Å². The Bertz CT molecular complexity index is 1160. The molecule has 0 bridgehead atoms. The Labute approximate surface area is 163 Å². The van der Waals surface area contributed by atoms with E-state index >= 15 is 0 Å². The molecule has 0 aliphatic rings. The molecule has 0 unspecified atom stereocenters. The van der Waals surface area contributed by atoms with Crippen LogP contribution in [-0.4, -0.2) is 15.3 Å². The number of halogens is 3. The number of phenols is 2. The first-order chi connectivity index (χ1) is 13.5. The van der Waals surface area contributed by atoms with Crippen LogP contribution in [0.3, 0.4) is 0 Å². The molecule has 8 heteroatoms. The van der Waals surface area contributed by atoms with Gasteiger partial charge in [0.25, 0.3) is 0 Å². The van der Waals surface area contributed by atoms with Crippen LogP contribution in [0.4, 0.5) is 13.2 Å². The topological polar surface area (TPSA) is 90.9 Å². The third kappa shape index (κ3) is 3.78. The van der Waals surface area contributed by atoms with E-state index in [4.69, 9.17) is 4.42 Å². The lowest BCUT2D eigenvalue weighted by molar-refractivity contribution is -0.137. The van der Waals surface area contributed by atoms with Gasteiger partial charge in [0.2, 0.25) is 11.2 Å². The molecule has 3 rings (SSSR count). The summed E-state index contributed by atoms with van der Waals surface area (Å²) in [5.41, 5.74) is -1.96. The summed E-state index contributed by atoms with van der Waals surface area (Å²) < 4.78 is 43.9. The van der Waals surface area contributed by atoms with Crippen LogP contribution >= 0.6 is 0 Å². The van der Waals surface area contributed by atoms with Crippen molar-refractivity contribution in [1.82, 2.24) is 0 Å². The lowest BCUT2D eigenvalue weighted by Gasteiger charge is -2.11. The fraction of sp³-hybridized carbons (Fsp3) is 0.190. The number of fused-ring (bicyclic) bond motifs is 1. The second-order valence-electron chi connectivity index (χ2n) is 6.82. The van der Waals surface area contributed by atoms with Crippen LogP contribution < -0.4 is 5.43 Å². The largest absolute Gasteiger partial charge is 0.507 e. The van der Waals surface area contributed by atoms with E-state index in [-0.39, 0.29) is 39.5 Å². The summed E-state index contributed by atoms with van der Waals surface area (Å²) in [5, 5.41) is 30.2. The maximum Gasteiger partial charge on any atom is 0.416 e. The van der Waals surface area contributed by atoms with Gasteiger partial charge < -0.3 is 19.7 Å². The molecule has 2 aromatic carbocycles. The van der Waals surface area contributed by atoms with Gasteiger partial charge in [-0.3, -0.25) is 4.79 Å². The zero-order chi connectivity index (χ0) is 21.5. The van der Waals surface area contributed by atoms with Crippen molar-refractivity contribution in [2.75, 3.05) is 0 Å². The summed E-state index contributed by atoms with van der Waals surface area (Å²) in [5.74, 6) is -2.10. The van der Waals surface area contributed by atoms with Gasteiger partial charge in [-0.2, -0.15) is 13.2 Å². The van der Waals surface area contributed by atoms with Crippen molar-refractivity contribution in [1.29, 1.82) is 0 Å². The molecule has 3 N–H and O–H groups in total. The van der Waals surface area contributed by atoms with Crippen molar-refractivity contribution in [3.05, 3.63) is 57.8 Å². The fourth-order valence-corrected chi connectivity index (χ4v) is 2.80. The highest BCUT2D eigenvalue weighted by Crippen LogP contribution is 2.39. The van der Waals surface area contributed by atoms with E-state index in [0.29, 0.717) is 0 Å². The number of hydrogen-bond donors (Lipinski definition) is 3. The SMILES string of the molecule is CC(C)C=Cc1c(O)cc(O)c2c(=O)c(O)c(-c3ccc(C(F)(F)F)cc3)oc12. The molecular weight excluding hydrogens is 389 g/mol. The molecule has 152 valence electrons. The monoisotopic (exact) mass is 406 g/mol. The van der Waals surface area contributed by atoms with Gasteiger partial charge in [-0.25, -0.2) is 0 Å². The van der Waals surface area contributed by atoms with Crippen molar-refractivity contribution in [3.63, 3.8) is 0 Å². The predicted molar refractivity (Wildman–Crippen MR) is 102 cm³/mol. The minimum absolute atomic E-state index is 0.0242. The molecule has 1 heterocycles. The molecule has 0 spiro atoms. The van der Waals surface area contributed by atoms with Crippen molar-refractivity contribution < 1.29 is 32.9 Å². The van der Waals surface area contributed by atoms with Gasteiger partial charge in [-0.15, -0.1) is 0 Å². The summed E-state index contributed by atoms with van der Waals surface area (Å²) in [6, 6.07) is 4.64. The number of alkyl halides is 3. The molecule has 0 saturated carbocycles. The quantitative estimate of drug-likeness (QED) is 0.552. The third-order valence-corrected chi connectivity index (χ3v) is 4.26. The first-order valence-corrected chi connectivity index (χ1v) is 8.61. The smallest absolute Gasteiger partial charge is 0.416 e. The Morgan fingerprint density at radius 3 is 2.21 bits per heavy atom. The van der Waals surface area contributed by atoms with Gasteiger partial charge in [0, 0.05) is 11.6 Å². The summed E-state index contributed by atoms with van der Waals surface area (Å²) in [6.45, 7) is 3.76. The van der Waals surface area contributed by atoms with Gasteiger partial charge in [-0.05, 0) is 18.1 Å². The second-order valence-corrected chi connectivity index (χ2v) is 6.82. The molecule has 0 radical (unpaired) electrons. The van der Waals surface area contributed by atoms with E-state index in [2.05, 4.69) is 0 Å². The van der Waals surface area contributed by atoms with Crippen LogP contribution in [0.2, 0.25) is 0 Å². The van der Waals surface area contributed by atoms with E-state index in [1.807, 2.05) is 13.8 Å². The Kier molecular flexibility index (Phi) is 5.04. The van der Waals surface area contributed by atoms with E-state index in [1.165, 1.54) is 6.08 Å². The molecule has 29 heavy (non-hydrogen) atoms. The van der Waals surface area contributed by atoms with E-state index in [1.54, 1.807) is 6.08 Å². The summed E-state index contributed by atoms with van der Waals surface area (Å²) >= 11 is 0. The molecule has 0 saturated heterocycles. The van der Waals surface area contributed by atoms with Crippen molar-refractivity contribution >= 4 is 17.0 Å². The van der Waals surface area contributed by atoms with Crippen molar-refractivity contribution in [3.8, 4) is 28.6 Å². The highest BCUT2D eigenvalue weighted by atomic mass is 19.4. The molecule has 5 nitrogen and oxygen atoms in total. The maximum absolute atomic E-state index is 12.8. The van der Waals surface area contributed by atoms with Gasteiger partial charge in [0.15, 0.2) is 11.3 Å². The van der Waals surface area contributed by atoms with Gasteiger partial charge in [0.05, 0.1) is 11.1 Å². The number of rotatable bonds is 3. The van der Waals surface area contributed by atoms with Gasteiger partial charge >= 0.3 is 6.18 Å². The highest BCUT2D eigenvalue weighted by Gasteiger charge is 2.30. The number of benzene rings is 2. The Morgan fingerprint density at radius 2 is 1.66 bits per heavy atom. The highest BCUT2D eigenvalue weighted by molar-refractivity contribution is 5.94. The predicted octanol–water partition coefficient (Wildman–Crippen LogP) is 5.26. The molecular formula is C21H17F3O5. The lowest BCUT2D eigenvalue weighted by atomic mass is 10.0. The van der Waals surface area contributed by atoms with Crippen LogP contribution in [0.5, 0.6) is 17.2 Å². The van der Waals surface area contributed by atoms with Crippen LogP contribution in [-0.2, 0) is 6.18 Å². The first kappa shape index (κ1) is 20.3. The van der Waals surface area contributed by atoms with E-state index in [9.17, 15) is 33.3 Å². The van der Waals surface area contributed by atoms with Gasteiger partial charge in [-0.1, -0.05) is 38.1 Å². The third-order valence-electron chi connectivity index (χ3n) is 4.26. The van der Waals surface area contributed by atoms with Crippen LogP contribution in [0.25, 0.3) is 28.4 Å². The lowest BCUT2D eigenvalue weighted by Crippen LogP contribution is -2.05. The number of aromatic hydroxyl groups is 3. The van der Waals surface area contributed by atoms with Crippen LogP contribution in [0.15, 0.2) is 45.6 Å². The second kappa shape index (κ2) is 7.20. The van der Waals surface area contributed by atoms with Crippen LogP contribution in [0, 0.1) is 5.92 Å².